The van der Waals surface area contributed by atoms with Crippen LogP contribution in [0, 0.1) is 6.92 Å². The second kappa shape index (κ2) is 7.13. The molecular formula is C18H25N3OS. The number of rotatable bonds is 5. The van der Waals surface area contributed by atoms with Gasteiger partial charge in [0.2, 0.25) is 0 Å². The Bertz CT molecular complexity index is 686. The van der Waals surface area contributed by atoms with Crippen LogP contribution in [0.1, 0.15) is 54.3 Å². The number of nitrogens with one attached hydrogen (secondary N) is 2. The number of benzene rings is 1. The number of hydrogen-bond acceptors (Lipinski definition) is 4. The van der Waals surface area contributed by atoms with Crippen LogP contribution in [0.5, 0.6) is 0 Å². The van der Waals surface area contributed by atoms with E-state index in [-0.39, 0.29) is 11.3 Å². The molecule has 0 aliphatic heterocycles. The molecule has 1 aromatic carbocycles. The quantitative estimate of drug-likeness (QED) is 0.867. The van der Waals surface area contributed by atoms with E-state index in [0.29, 0.717) is 18.7 Å². The molecule has 4 nitrogen and oxygen atoms in total. The fourth-order valence-electron chi connectivity index (χ4n) is 2.18. The molecule has 124 valence electrons. The summed E-state index contributed by atoms with van der Waals surface area (Å²) >= 11 is 1.70. The zero-order valence-corrected chi connectivity index (χ0v) is 15.3. The summed E-state index contributed by atoms with van der Waals surface area (Å²) in [5.41, 5.74) is 3.92. The van der Waals surface area contributed by atoms with Crippen molar-refractivity contribution in [3.05, 3.63) is 45.4 Å². The van der Waals surface area contributed by atoms with Gasteiger partial charge in [-0.3, -0.25) is 4.79 Å². The maximum atomic E-state index is 11.8. The number of aromatic nitrogens is 1. The van der Waals surface area contributed by atoms with Gasteiger partial charge in [-0.1, -0.05) is 20.8 Å². The summed E-state index contributed by atoms with van der Waals surface area (Å²) in [4.78, 5) is 16.5. The van der Waals surface area contributed by atoms with Crippen LogP contribution in [-0.4, -0.2) is 17.4 Å². The minimum atomic E-state index is -0.0310. The molecule has 0 radical (unpaired) electrons. The largest absolute Gasteiger partial charge is 0.379 e. The summed E-state index contributed by atoms with van der Waals surface area (Å²) in [7, 11) is 0. The first kappa shape index (κ1) is 17.5. The SMILES string of the molecule is CCNC(=O)c1ccc(NCc2csc(C(C)(C)C)n2)c(C)c1. The summed E-state index contributed by atoms with van der Waals surface area (Å²) in [5.74, 6) is -0.0310. The fraction of sp³-hybridized carbons (Fsp3) is 0.444. The van der Waals surface area contributed by atoms with Gasteiger partial charge in [0.15, 0.2) is 0 Å². The topological polar surface area (TPSA) is 54.0 Å². The highest BCUT2D eigenvalue weighted by Gasteiger charge is 2.17. The highest BCUT2D eigenvalue weighted by molar-refractivity contribution is 7.09. The molecule has 0 fully saturated rings. The zero-order chi connectivity index (χ0) is 17.0. The van der Waals surface area contributed by atoms with E-state index in [4.69, 9.17) is 0 Å². The summed E-state index contributed by atoms with van der Waals surface area (Å²) in [6.45, 7) is 11.8. The number of carbonyl (C=O) groups is 1. The van der Waals surface area contributed by atoms with Gasteiger partial charge in [0, 0.05) is 28.6 Å². The van der Waals surface area contributed by atoms with Gasteiger partial charge in [-0.25, -0.2) is 4.98 Å². The highest BCUT2D eigenvalue weighted by Crippen LogP contribution is 2.26. The lowest BCUT2D eigenvalue weighted by molar-refractivity contribution is 0.0956. The van der Waals surface area contributed by atoms with Crippen LogP contribution in [0.25, 0.3) is 0 Å². The van der Waals surface area contributed by atoms with Crippen molar-refractivity contribution in [2.75, 3.05) is 11.9 Å². The van der Waals surface area contributed by atoms with Crippen LogP contribution in [-0.2, 0) is 12.0 Å². The van der Waals surface area contributed by atoms with Gasteiger partial charge in [-0.05, 0) is 37.6 Å². The predicted octanol–water partition coefficient (Wildman–Crippen LogP) is 4.11. The van der Waals surface area contributed by atoms with Crippen LogP contribution in [0.4, 0.5) is 5.69 Å². The summed E-state index contributed by atoms with van der Waals surface area (Å²) < 4.78 is 0. The van der Waals surface area contributed by atoms with Crippen molar-refractivity contribution < 1.29 is 4.79 Å². The first-order chi connectivity index (χ1) is 10.8. The third-order valence-electron chi connectivity index (χ3n) is 3.48. The minimum absolute atomic E-state index is 0.0310. The highest BCUT2D eigenvalue weighted by atomic mass is 32.1. The second-order valence-electron chi connectivity index (χ2n) is 6.64. The molecule has 1 heterocycles. The van der Waals surface area contributed by atoms with E-state index in [1.807, 2.05) is 32.0 Å². The average molecular weight is 331 g/mol. The summed E-state index contributed by atoms with van der Waals surface area (Å²) in [6, 6.07) is 5.72. The maximum absolute atomic E-state index is 11.8. The number of anilines is 1. The van der Waals surface area contributed by atoms with Crippen LogP contribution in [0.2, 0.25) is 0 Å². The van der Waals surface area contributed by atoms with E-state index in [2.05, 4.69) is 41.8 Å². The van der Waals surface area contributed by atoms with E-state index in [0.717, 1.165) is 22.0 Å². The molecule has 0 spiro atoms. The lowest BCUT2D eigenvalue weighted by atomic mass is 9.98. The number of thiazole rings is 1. The molecule has 1 aromatic heterocycles. The second-order valence-corrected chi connectivity index (χ2v) is 7.49. The van der Waals surface area contributed by atoms with Gasteiger partial charge in [-0.2, -0.15) is 0 Å². The van der Waals surface area contributed by atoms with Crippen LogP contribution < -0.4 is 10.6 Å². The van der Waals surface area contributed by atoms with E-state index >= 15 is 0 Å². The Labute approximate surface area is 142 Å². The Morgan fingerprint density at radius 3 is 2.61 bits per heavy atom. The lowest BCUT2D eigenvalue weighted by Gasteiger charge is -2.14. The van der Waals surface area contributed by atoms with Crippen LogP contribution in [0.3, 0.4) is 0 Å². The van der Waals surface area contributed by atoms with E-state index in [9.17, 15) is 4.79 Å². The first-order valence-electron chi connectivity index (χ1n) is 7.89. The number of carbonyl (C=O) groups excluding carboxylic acids is 1. The van der Waals surface area contributed by atoms with Crippen molar-refractivity contribution in [2.45, 2.75) is 46.6 Å². The maximum Gasteiger partial charge on any atom is 0.251 e. The average Bonchev–Trinajstić information content (AvgIpc) is 2.95. The van der Waals surface area contributed by atoms with Crippen LogP contribution in [0.15, 0.2) is 23.6 Å². The molecule has 0 aliphatic rings. The Morgan fingerprint density at radius 1 is 1.30 bits per heavy atom. The smallest absolute Gasteiger partial charge is 0.251 e. The lowest BCUT2D eigenvalue weighted by Crippen LogP contribution is -2.22. The van der Waals surface area contributed by atoms with Gasteiger partial charge in [-0.15, -0.1) is 11.3 Å². The van der Waals surface area contributed by atoms with E-state index < -0.39 is 0 Å². The molecule has 2 N–H and O–H groups in total. The normalized spacial score (nSPS) is 11.3. The van der Waals surface area contributed by atoms with Gasteiger partial charge >= 0.3 is 0 Å². The van der Waals surface area contributed by atoms with Crippen molar-refractivity contribution in [2.24, 2.45) is 0 Å². The van der Waals surface area contributed by atoms with Crippen molar-refractivity contribution in [3.8, 4) is 0 Å². The molecule has 0 unspecified atom stereocenters. The minimum Gasteiger partial charge on any atom is -0.379 e. The van der Waals surface area contributed by atoms with Crippen molar-refractivity contribution >= 4 is 22.9 Å². The number of nitrogens with zero attached hydrogens (tertiary/aromatic N) is 1. The summed E-state index contributed by atoms with van der Waals surface area (Å²) in [5, 5.41) is 9.47. The molecule has 5 heteroatoms. The molecular weight excluding hydrogens is 306 g/mol. The van der Waals surface area contributed by atoms with Crippen LogP contribution >= 0.6 is 11.3 Å². The standard InChI is InChI=1S/C18H25N3OS/c1-6-19-16(22)13-7-8-15(12(2)9-13)20-10-14-11-23-17(21-14)18(3,4)5/h7-9,11,20H,6,10H2,1-5H3,(H,19,22). The monoisotopic (exact) mass is 331 g/mol. The third-order valence-corrected chi connectivity index (χ3v) is 4.80. The van der Waals surface area contributed by atoms with Crippen molar-refractivity contribution in [1.82, 2.24) is 10.3 Å². The van der Waals surface area contributed by atoms with E-state index in [1.165, 1.54) is 0 Å². The summed E-state index contributed by atoms with van der Waals surface area (Å²) in [6.07, 6.45) is 0. The molecule has 0 saturated heterocycles. The Balaban J connectivity index is 2.03. The van der Waals surface area contributed by atoms with Gasteiger partial charge < -0.3 is 10.6 Å². The Kier molecular flexibility index (Phi) is 5.42. The molecule has 23 heavy (non-hydrogen) atoms. The molecule has 2 rings (SSSR count). The number of hydrogen-bond donors (Lipinski definition) is 2. The Hall–Kier alpha value is -1.88. The fourth-order valence-corrected chi connectivity index (χ4v) is 3.09. The van der Waals surface area contributed by atoms with Gasteiger partial charge in [0.05, 0.1) is 17.2 Å². The Morgan fingerprint density at radius 2 is 2.04 bits per heavy atom. The molecule has 0 aliphatic carbocycles. The van der Waals surface area contributed by atoms with Crippen molar-refractivity contribution in [1.29, 1.82) is 0 Å². The van der Waals surface area contributed by atoms with Crippen molar-refractivity contribution in [3.63, 3.8) is 0 Å². The molecule has 1 amide bonds. The molecule has 0 atom stereocenters. The number of aryl methyl sites for hydroxylation is 1. The molecule has 2 aromatic rings. The molecule has 0 bridgehead atoms. The third kappa shape index (κ3) is 4.55. The van der Waals surface area contributed by atoms with Gasteiger partial charge in [0.25, 0.3) is 5.91 Å². The van der Waals surface area contributed by atoms with Gasteiger partial charge in [0.1, 0.15) is 0 Å². The zero-order valence-electron chi connectivity index (χ0n) is 14.5. The number of amides is 1. The molecule has 0 saturated carbocycles. The first-order valence-corrected chi connectivity index (χ1v) is 8.77. The predicted molar refractivity (Wildman–Crippen MR) is 97.3 cm³/mol. The van der Waals surface area contributed by atoms with E-state index in [1.54, 1.807) is 11.3 Å².